The van der Waals surface area contributed by atoms with Crippen molar-refractivity contribution in [1.29, 1.82) is 0 Å². The largest absolute Gasteiger partial charge is 0.324 e. The van der Waals surface area contributed by atoms with Gasteiger partial charge < -0.3 is 10.6 Å². The van der Waals surface area contributed by atoms with Crippen LogP contribution in [0.3, 0.4) is 0 Å². The van der Waals surface area contributed by atoms with Crippen molar-refractivity contribution in [3.05, 3.63) is 0 Å². The predicted molar refractivity (Wildman–Crippen MR) is 60.5 cm³/mol. The van der Waals surface area contributed by atoms with Crippen LogP contribution >= 0.6 is 12.4 Å². The maximum atomic E-state index is 12.0. The number of imide groups is 1. The molecule has 3 rings (SSSR count). The number of amides is 3. The lowest BCUT2D eigenvalue weighted by molar-refractivity contribution is -0.131. The maximum Gasteiger partial charge on any atom is 0.324 e. The molecule has 0 aromatic rings. The Balaban J connectivity index is 0.000000963. The number of carbonyl (C=O) groups excluding carboxylic acids is 2. The van der Waals surface area contributed by atoms with E-state index in [0.29, 0.717) is 12.1 Å². The Bertz CT molecular complexity index is 335. The van der Waals surface area contributed by atoms with Gasteiger partial charge in [-0.2, -0.15) is 0 Å². The molecule has 16 heavy (non-hydrogen) atoms. The highest BCUT2D eigenvalue weighted by Gasteiger charge is 2.55. The standard InChI is InChI=1S/C10H15N3O2.ClH/c1-13-8(14)10(12-9(13)15)4-6-2-3-7(5-10)11-6;/h6-7,11H,2-5H2,1H3,(H,12,15);1H. The molecule has 6 heteroatoms. The van der Waals surface area contributed by atoms with Gasteiger partial charge in [-0.1, -0.05) is 0 Å². The fourth-order valence-corrected chi connectivity index (χ4v) is 3.18. The average Bonchev–Trinajstić information content (AvgIpc) is 2.63. The van der Waals surface area contributed by atoms with Gasteiger partial charge in [-0.05, 0) is 25.7 Å². The van der Waals surface area contributed by atoms with Crippen LogP contribution in [0.15, 0.2) is 0 Å². The van der Waals surface area contributed by atoms with E-state index in [4.69, 9.17) is 0 Å². The van der Waals surface area contributed by atoms with Crippen LogP contribution in [0.1, 0.15) is 25.7 Å². The first-order valence-electron chi connectivity index (χ1n) is 5.47. The van der Waals surface area contributed by atoms with Crippen LogP contribution < -0.4 is 10.6 Å². The summed E-state index contributed by atoms with van der Waals surface area (Å²) in [7, 11) is 1.55. The van der Waals surface area contributed by atoms with Crippen molar-refractivity contribution >= 4 is 24.3 Å². The molecule has 3 fully saturated rings. The molecule has 3 amide bonds. The molecule has 3 heterocycles. The monoisotopic (exact) mass is 245 g/mol. The molecule has 90 valence electrons. The van der Waals surface area contributed by atoms with Crippen LogP contribution in [-0.2, 0) is 4.79 Å². The summed E-state index contributed by atoms with van der Waals surface area (Å²) < 4.78 is 0. The van der Waals surface area contributed by atoms with Crippen LogP contribution in [0.4, 0.5) is 4.79 Å². The molecule has 3 aliphatic heterocycles. The molecule has 3 saturated heterocycles. The molecular weight excluding hydrogens is 230 g/mol. The summed E-state index contributed by atoms with van der Waals surface area (Å²) in [5, 5.41) is 6.34. The number of carbonyl (C=O) groups is 2. The zero-order valence-corrected chi connectivity index (χ0v) is 9.97. The van der Waals surface area contributed by atoms with Gasteiger partial charge in [0, 0.05) is 19.1 Å². The number of urea groups is 1. The Morgan fingerprint density at radius 2 is 1.81 bits per heavy atom. The van der Waals surface area contributed by atoms with Gasteiger partial charge in [0.05, 0.1) is 0 Å². The fourth-order valence-electron chi connectivity index (χ4n) is 3.18. The van der Waals surface area contributed by atoms with E-state index in [1.54, 1.807) is 7.05 Å². The number of halogens is 1. The Hall–Kier alpha value is -0.810. The quantitative estimate of drug-likeness (QED) is 0.601. The topological polar surface area (TPSA) is 61.4 Å². The second kappa shape index (κ2) is 3.60. The minimum absolute atomic E-state index is 0. The molecule has 0 aliphatic carbocycles. The lowest BCUT2D eigenvalue weighted by Crippen LogP contribution is -2.57. The van der Waals surface area contributed by atoms with Crippen molar-refractivity contribution < 1.29 is 9.59 Å². The smallest absolute Gasteiger partial charge is 0.323 e. The number of piperidine rings is 1. The fraction of sp³-hybridized carbons (Fsp3) is 0.800. The lowest BCUT2D eigenvalue weighted by atomic mass is 9.84. The summed E-state index contributed by atoms with van der Waals surface area (Å²) in [5.41, 5.74) is -0.594. The summed E-state index contributed by atoms with van der Waals surface area (Å²) in [6.07, 6.45) is 3.75. The van der Waals surface area contributed by atoms with Crippen LogP contribution in [0, 0.1) is 0 Å². The number of fused-ring (bicyclic) bond motifs is 2. The highest BCUT2D eigenvalue weighted by molar-refractivity contribution is 6.06. The molecule has 2 bridgehead atoms. The van der Waals surface area contributed by atoms with E-state index in [2.05, 4.69) is 10.6 Å². The predicted octanol–water partition coefficient (Wildman–Crippen LogP) is 0.243. The van der Waals surface area contributed by atoms with Crippen molar-refractivity contribution in [1.82, 2.24) is 15.5 Å². The van der Waals surface area contributed by atoms with Crippen molar-refractivity contribution in [3.8, 4) is 0 Å². The Morgan fingerprint density at radius 3 is 2.25 bits per heavy atom. The first kappa shape index (κ1) is 11.7. The zero-order valence-electron chi connectivity index (χ0n) is 9.16. The minimum Gasteiger partial charge on any atom is -0.323 e. The number of rotatable bonds is 0. The SMILES string of the molecule is CN1C(=O)NC2(CC3CCC(C2)N3)C1=O.Cl. The van der Waals surface area contributed by atoms with E-state index in [1.165, 1.54) is 4.90 Å². The molecule has 2 atom stereocenters. The normalized spacial score (nSPS) is 41.2. The van der Waals surface area contributed by atoms with E-state index in [0.717, 1.165) is 25.7 Å². The summed E-state index contributed by atoms with van der Waals surface area (Å²) >= 11 is 0. The van der Waals surface area contributed by atoms with Crippen molar-refractivity contribution in [2.45, 2.75) is 43.3 Å². The molecule has 0 aromatic carbocycles. The van der Waals surface area contributed by atoms with Gasteiger partial charge >= 0.3 is 6.03 Å². The van der Waals surface area contributed by atoms with Crippen molar-refractivity contribution in [2.75, 3.05) is 7.05 Å². The van der Waals surface area contributed by atoms with Crippen LogP contribution in [0.5, 0.6) is 0 Å². The number of likely N-dealkylation sites (N-methyl/N-ethyl adjacent to an activating group) is 1. The average molecular weight is 246 g/mol. The number of nitrogens with one attached hydrogen (secondary N) is 2. The van der Waals surface area contributed by atoms with Gasteiger partial charge in [-0.25, -0.2) is 4.79 Å². The first-order valence-corrected chi connectivity index (χ1v) is 5.47. The molecule has 3 aliphatic rings. The summed E-state index contributed by atoms with van der Waals surface area (Å²) in [5.74, 6) is -0.0501. The molecular formula is C10H16ClN3O2. The summed E-state index contributed by atoms with van der Waals surface area (Å²) in [6.45, 7) is 0. The number of nitrogens with zero attached hydrogens (tertiary/aromatic N) is 1. The first-order chi connectivity index (χ1) is 7.11. The van der Waals surface area contributed by atoms with Gasteiger partial charge in [0.2, 0.25) is 0 Å². The third kappa shape index (κ3) is 1.42. The van der Waals surface area contributed by atoms with Crippen molar-refractivity contribution in [3.63, 3.8) is 0 Å². The molecule has 0 saturated carbocycles. The highest BCUT2D eigenvalue weighted by Crippen LogP contribution is 2.37. The lowest BCUT2D eigenvalue weighted by Gasteiger charge is -2.35. The van der Waals surface area contributed by atoms with E-state index in [-0.39, 0.29) is 24.3 Å². The highest BCUT2D eigenvalue weighted by atomic mass is 35.5. The molecule has 1 spiro atoms. The van der Waals surface area contributed by atoms with Crippen LogP contribution in [0.25, 0.3) is 0 Å². The Morgan fingerprint density at radius 1 is 1.25 bits per heavy atom. The minimum atomic E-state index is -0.594. The Kier molecular flexibility index (Phi) is 2.62. The van der Waals surface area contributed by atoms with Crippen LogP contribution in [-0.4, -0.2) is 41.5 Å². The molecule has 2 N–H and O–H groups in total. The molecule has 0 radical (unpaired) electrons. The second-order valence-corrected chi connectivity index (χ2v) is 4.92. The number of hydrogen-bond acceptors (Lipinski definition) is 3. The number of hydrogen-bond donors (Lipinski definition) is 2. The molecule has 2 unspecified atom stereocenters. The van der Waals surface area contributed by atoms with Crippen molar-refractivity contribution in [2.24, 2.45) is 0 Å². The van der Waals surface area contributed by atoms with Gasteiger partial charge in [0.25, 0.3) is 5.91 Å². The third-order valence-corrected chi connectivity index (χ3v) is 3.89. The third-order valence-electron chi connectivity index (χ3n) is 3.89. The van der Waals surface area contributed by atoms with Gasteiger partial charge in [0.15, 0.2) is 0 Å². The van der Waals surface area contributed by atoms with Gasteiger partial charge in [0.1, 0.15) is 5.54 Å². The Labute approximate surface area is 100 Å². The zero-order chi connectivity index (χ0) is 10.6. The molecule has 5 nitrogen and oxygen atoms in total. The van der Waals surface area contributed by atoms with Crippen LogP contribution in [0.2, 0.25) is 0 Å². The molecule has 0 aromatic heterocycles. The van der Waals surface area contributed by atoms with E-state index in [1.807, 2.05) is 0 Å². The summed E-state index contributed by atoms with van der Waals surface area (Å²) in [6, 6.07) is 0.556. The van der Waals surface area contributed by atoms with E-state index >= 15 is 0 Å². The van der Waals surface area contributed by atoms with E-state index in [9.17, 15) is 9.59 Å². The van der Waals surface area contributed by atoms with E-state index < -0.39 is 5.54 Å². The second-order valence-electron chi connectivity index (χ2n) is 4.92. The van der Waals surface area contributed by atoms with Gasteiger partial charge in [-0.15, -0.1) is 12.4 Å². The van der Waals surface area contributed by atoms with Gasteiger partial charge in [-0.3, -0.25) is 9.69 Å². The maximum absolute atomic E-state index is 12.0. The summed E-state index contributed by atoms with van der Waals surface area (Å²) in [4.78, 5) is 24.7.